The second kappa shape index (κ2) is 9.34. The molecule has 0 aliphatic rings. The minimum atomic E-state index is -0.326. The van der Waals surface area contributed by atoms with Gasteiger partial charge in [-0.1, -0.05) is 6.92 Å². The molecule has 0 heterocycles. The van der Waals surface area contributed by atoms with Crippen molar-refractivity contribution in [3.05, 3.63) is 29.6 Å². The Morgan fingerprint density at radius 2 is 2.10 bits per heavy atom. The van der Waals surface area contributed by atoms with Crippen LogP contribution in [0.2, 0.25) is 0 Å². The summed E-state index contributed by atoms with van der Waals surface area (Å²) in [6.45, 7) is 7.62. The number of hydrogen-bond acceptors (Lipinski definition) is 3. The number of nitrogens with one attached hydrogen (secondary N) is 2. The van der Waals surface area contributed by atoms with Crippen LogP contribution in [0.15, 0.2) is 18.2 Å². The maximum absolute atomic E-state index is 13.5. The van der Waals surface area contributed by atoms with Crippen LogP contribution in [0.5, 0.6) is 5.75 Å². The van der Waals surface area contributed by atoms with Gasteiger partial charge in [-0.3, -0.25) is 4.79 Å². The Kier molecular flexibility index (Phi) is 7.75. The molecule has 2 N–H and O–H groups in total. The van der Waals surface area contributed by atoms with E-state index in [1.165, 1.54) is 12.1 Å². The lowest BCUT2D eigenvalue weighted by atomic mass is 10.2. The Bertz CT molecular complexity index is 450. The average Bonchev–Trinajstić information content (AvgIpc) is 2.37. The maximum atomic E-state index is 13.5. The molecular formula is C16H25FN2O2. The second-order valence-electron chi connectivity index (χ2n) is 5.29. The zero-order valence-corrected chi connectivity index (χ0v) is 13.0. The third kappa shape index (κ3) is 7.66. The third-order valence-electron chi connectivity index (χ3n) is 2.73. The van der Waals surface area contributed by atoms with Gasteiger partial charge in [0.15, 0.2) is 0 Å². The number of benzene rings is 1. The number of halogens is 1. The molecule has 0 bridgehead atoms. The highest BCUT2D eigenvalue weighted by Gasteiger charge is 2.05. The molecular weight excluding hydrogens is 271 g/mol. The summed E-state index contributed by atoms with van der Waals surface area (Å²) in [6, 6.07) is 4.74. The number of carbonyl (C=O) groups is 1. The molecule has 1 amide bonds. The lowest BCUT2D eigenvalue weighted by Gasteiger charge is -2.11. The van der Waals surface area contributed by atoms with Crippen LogP contribution in [0.25, 0.3) is 0 Å². The van der Waals surface area contributed by atoms with Crippen LogP contribution in [-0.4, -0.2) is 25.1 Å². The minimum absolute atomic E-state index is 0.0637. The van der Waals surface area contributed by atoms with E-state index in [2.05, 4.69) is 17.6 Å². The Morgan fingerprint density at radius 3 is 2.76 bits per heavy atom. The van der Waals surface area contributed by atoms with E-state index in [1.807, 2.05) is 13.8 Å². The lowest BCUT2D eigenvalue weighted by molar-refractivity contribution is -0.122. The van der Waals surface area contributed by atoms with Gasteiger partial charge >= 0.3 is 0 Å². The first-order chi connectivity index (χ1) is 10.0. The van der Waals surface area contributed by atoms with Crippen LogP contribution >= 0.6 is 0 Å². The predicted molar refractivity (Wildman–Crippen MR) is 81.8 cm³/mol. The average molecular weight is 296 g/mol. The summed E-state index contributed by atoms with van der Waals surface area (Å²) in [5, 5.41) is 6.00. The summed E-state index contributed by atoms with van der Waals surface area (Å²) < 4.78 is 19.0. The summed E-state index contributed by atoms with van der Waals surface area (Å²) in [5.41, 5.74) is 0.838. The molecule has 21 heavy (non-hydrogen) atoms. The first-order valence-corrected chi connectivity index (χ1v) is 7.43. The van der Waals surface area contributed by atoms with Gasteiger partial charge < -0.3 is 15.4 Å². The van der Waals surface area contributed by atoms with Crippen molar-refractivity contribution in [3.63, 3.8) is 0 Å². The molecule has 1 rings (SSSR count). The molecule has 0 saturated carbocycles. The van der Waals surface area contributed by atoms with Crippen LogP contribution in [0, 0.1) is 5.82 Å². The molecule has 0 aliphatic carbocycles. The molecule has 118 valence electrons. The highest BCUT2D eigenvalue weighted by atomic mass is 19.1. The Hall–Kier alpha value is -1.62. The summed E-state index contributed by atoms with van der Waals surface area (Å²) in [7, 11) is 0. The second-order valence-corrected chi connectivity index (χ2v) is 5.29. The number of carbonyl (C=O) groups excluding carboxylic acids is 1. The van der Waals surface area contributed by atoms with Crippen LogP contribution in [-0.2, 0) is 11.3 Å². The highest BCUT2D eigenvalue weighted by Crippen LogP contribution is 2.16. The molecule has 0 radical (unpaired) electrons. The predicted octanol–water partition coefficient (Wildman–Crippen LogP) is 2.62. The van der Waals surface area contributed by atoms with Gasteiger partial charge in [0.1, 0.15) is 11.6 Å². The Morgan fingerprint density at radius 1 is 1.33 bits per heavy atom. The number of hydrogen-bond donors (Lipinski definition) is 2. The molecule has 0 aromatic heterocycles. The number of ether oxygens (including phenoxy) is 1. The zero-order valence-electron chi connectivity index (χ0n) is 13.0. The van der Waals surface area contributed by atoms with Crippen molar-refractivity contribution >= 4 is 5.91 Å². The molecule has 1 aromatic rings. The van der Waals surface area contributed by atoms with E-state index >= 15 is 0 Å². The van der Waals surface area contributed by atoms with Gasteiger partial charge in [-0.05, 0) is 44.5 Å². The van der Waals surface area contributed by atoms with Gasteiger partial charge in [0.05, 0.1) is 13.0 Å². The quantitative estimate of drug-likeness (QED) is 0.689. The first-order valence-electron chi connectivity index (χ1n) is 7.43. The molecule has 0 atom stereocenters. The van der Waals surface area contributed by atoms with E-state index in [0.717, 1.165) is 18.5 Å². The molecule has 1 aromatic carbocycles. The molecule has 0 saturated heterocycles. The fourth-order valence-corrected chi connectivity index (χ4v) is 1.87. The van der Waals surface area contributed by atoms with Gasteiger partial charge in [0.25, 0.3) is 0 Å². The molecule has 0 aliphatic heterocycles. The topological polar surface area (TPSA) is 50.4 Å². The van der Waals surface area contributed by atoms with Crippen molar-refractivity contribution in [1.82, 2.24) is 10.6 Å². The van der Waals surface area contributed by atoms with E-state index in [0.29, 0.717) is 12.3 Å². The van der Waals surface area contributed by atoms with Gasteiger partial charge in [-0.25, -0.2) is 4.39 Å². The van der Waals surface area contributed by atoms with E-state index in [-0.39, 0.29) is 30.8 Å². The smallest absolute Gasteiger partial charge is 0.223 e. The van der Waals surface area contributed by atoms with Crippen molar-refractivity contribution in [2.75, 3.05) is 13.2 Å². The van der Waals surface area contributed by atoms with Crippen molar-refractivity contribution < 1.29 is 13.9 Å². The number of amides is 1. The van der Waals surface area contributed by atoms with Crippen LogP contribution in [0.4, 0.5) is 4.39 Å². The van der Waals surface area contributed by atoms with Crippen molar-refractivity contribution in [3.8, 4) is 5.75 Å². The van der Waals surface area contributed by atoms with Gasteiger partial charge in [-0.2, -0.15) is 0 Å². The third-order valence-corrected chi connectivity index (χ3v) is 2.73. The SMILES string of the molecule is CCCNCc1cc(F)cc(OCCC(=O)NC(C)C)c1. The normalized spacial score (nSPS) is 10.7. The number of rotatable bonds is 9. The molecule has 0 fully saturated rings. The Labute approximate surface area is 126 Å². The van der Waals surface area contributed by atoms with Crippen molar-refractivity contribution in [2.45, 2.75) is 46.2 Å². The molecule has 4 nitrogen and oxygen atoms in total. The van der Waals surface area contributed by atoms with E-state index in [9.17, 15) is 9.18 Å². The fourth-order valence-electron chi connectivity index (χ4n) is 1.87. The van der Waals surface area contributed by atoms with Crippen LogP contribution in [0.3, 0.4) is 0 Å². The molecule has 0 unspecified atom stereocenters. The molecule has 5 heteroatoms. The van der Waals surface area contributed by atoms with Gasteiger partial charge in [0.2, 0.25) is 5.91 Å². The van der Waals surface area contributed by atoms with Gasteiger partial charge in [-0.15, -0.1) is 0 Å². The maximum Gasteiger partial charge on any atom is 0.223 e. The Balaban J connectivity index is 2.45. The van der Waals surface area contributed by atoms with Crippen LogP contribution in [0.1, 0.15) is 39.2 Å². The van der Waals surface area contributed by atoms with Gasteiger partial charge in [0, 0.05) is 18.7 Å². The summed E-state index contributed by atoms with van der Waals surface area (Å²) in [5.74, 6) is 0.0688. The standard InChI is InChI=1S/C16H25FN2O2/c1-4-6-18-11-13-8-14(17)10-15(9-13)21-7-5-16(20)19-12(2)3/h8-10,12,18H,4-7,11H2,1-3H3,(H,19,20). The van der Waals surface area contributed by atoms with Crippen molar-refractivity contribution in [1.29, 1.82) is 0 Å². The lowest BCUT2D eigenvalue weighted by Crippen LogP contribution is -2.31. The summed E-state index contributed by atoms with van der Waals surface area (Å²) in [4.78, 5) is 11.5. The van der Waals surface area contributed by atoms with E-state index in [4.69, 9.17) is 4.74 Å². The summed E-state index contributed by atoms with van der Waals surface area (Å²) >= 11 is 0. The monoisotopic (exact) mass is 296 g/mol. The van der Waals surface area contributed by atoms with Crippen molar-refractivity contribution in [2.24, 2.45) is 0 Å². The van der Waals surface area contributed by atoms with E-state index in [1.54, 1.807) is 6.07 Å². The minimum Gasteiger partial charge on any atom is -0.493 e. The largest absolute Gasteiger partial charge is 0.493 e. The van der Waals surface area contributed by atoms with Crippen LogP contribution < -0.4 is 15.4 Å². The summed E-state index contributed by atoms with van der Waals surface area (Å²) in [6.07, 6.45) is 1.29. The highest BCUT2D eigenvalue weighted by molar-refractivity contribution is 5.76. The van der Waals surface area contributed by atoms with E-state index < -0.39 is 0 Å². The first kappa shape index (κ1) is 17.4. The molecule has 0 spiro atoms. The zero-order chi connectivity index (χ0) is 15.7. The fraction of sp³-hybridized carbons (Fsp3) is 0.562.